The second-order valence-electron chi connectivity index (χ2n) is 5.66. The molecule has 0 fully saturated rings. The van der Waals surface area contributed by atoms with Gasteiger partial charge in [-0.05, 0) is 48.5 Å². The number of hydrogen-bond acceptors (Lipinski definition) is 5. The molecule has 0 atom stereocenters. The van der Waals surface area contributed by atoms with Gasteiger partial charge < -0.3 is 20.7 Å². The molecule has 0 aromatic heterocycles. The highest BCUT2D eigenvalue weighted by Gasteiger charge is 2.11. The lowest BCUT2D eigenvalue weighted by Crippen LogP contribution is -2.32. The Labute approximate surface area is 160 Å². The summed E-state index contributed by atoms with van der Waals surface area (Å²) in [5, 5.41) is 7.42. The summed E-state index contributed by atoms with van der Waals surface area (Å²) in [5.41, 5.74) is 1.23. The summed E-state index contributed by atoms with van der Waals surface area (Å²) in [6, 6.07) is 11.2. The molecule has 2 aromatic carbocycles. The Bertz CT molecular complexity index is 866. The quantitative estimate of drug-likeness (QED) is 0.626. The Morgan fingerprint density at radius 2 is 1.46 bits per heavy atom. The largest absolute Gasteiger partial charge is 0.454 e. The van der Waals surface area contributed by atoms with E-state index in [1.165, 1.54) is 19.1 Å². The highest BCUT2D eigenvalue weighted by Crippen LogP contribution is 2.13. The minimum Gasteiger partial charge on any atom is -0.454 e. The van der Waals surface area contributed by atoms with Crippen molar-refractivity contribution in [2.75, 3.05) is 23.8 Å². The van der Waals surface area contributed by atoms with E-state index in [0.29, 0.717) is 11.4 Å². The van der Waals surface area contributed by atoms with Crippen molar-refractivity contribution in [1.82, 2.24) is 5.32 Å². The first-order valence-electron chi connectivity index (χ1n) is 8.20. The fourth-order valence-corrected chi connectivity index (χ4v) is 2.09. The summed E-state index contributed by atoms with van der Waals surface area (Å²) < 4.78 is 17.6. The second kappa shape index (κ2) is 9.81. The monoisotopic (exact) mass is 387 g/mol. The van der Waals surface area contributed by atoms with Crippen LogP contribution in [0.4, 0.5) is 15.8 Å². The van der Waals surface area contributed by atoms with Crippen LogP contribution in [0, 0.1) is 5.82 Å². The van der Waals surface area contributed by atoms with Gasteiger partial charge in [-0.2, -0.15) is 0 Å². The summed E-state index contributed by atoms with van der Waals surface area (Å²) in [4.78, 5) is 46.1. The third kappa shape index (κ3) is 6.87. The molecule has 0 bridgehead atoms. The fourth-order valence-electron chi connectivity index (χ4n) is 2.09. The number of rotatable bonds is 7. The lowest BCUT2D eigenvalue weighted by Gasteiger charge is -2.08. The van der Waals surface area contributed by atoms with Gasteiger partial charge in [-0.15, -0.1) is 0 Å². The summed E-state index contributed by atoms with van der Waals surface area (Å²) in [6.07, 6.45) is 0. The number of esters is 1. The molecular weight excluding hydrogens is 369 g/mol. The fraction of sp³-hybridized carbons (Fsp3) is 0.158. The molecule has 8 nitrogen and oxygen atoms in total. The standard InChI is InChI=1S/C19H18FN3O5/c1-12(24)22-15-6-8-16(9-7-15)23-17(25)11-28-18(26)10-21-19(27)13-2-4-14(20)5-3-13/h2-9H,10-11H2,1H3,(H,21,27)(H,22,24)(H,23,25). The van der Waals surface area contributed by atoms with Crippen molar-refractivity contribution in [3.8, 4) is 0 Å². The first-order chi connectivity index (χ1) is 13.3. The van der Waals surface area contributed by atoms with Crippen LogP contribution in [0.2, 0.25) is 0 Å². The maximum Gasteiger partial charge on any atom is 0.325 e. The van der Waals surface area contributed by atoms with E-state index in [4.69, 9.17) is 4.74 Å². The maximum absolute atomic E-state index is 12.8. The minimum absolute atomic E-state index is 0.189. The van der Waals surface area contributed by atoms with E-state index in [1.54, 1.807) is 24.3 Å². The summed E-state index contributed by atoms with van der Waals surface area (Å²) in [5.74, 6) is -2.63. The second-order valence-corrected chi connectivity index (χ2v) is 5.66. The number of hydrogen-bond donors (Lipinski definition) is 3. The minimum atomic E-state index is -0.799. The van der Waals surface area contributed by atoms with Crippen molar-refractivity contribution in [3.63, 3.8) is 0 Å². The molecule has 0 heterocycles. The first kappa shape index (κ1) is 20.6. The maximum atomic E-state index is 12.8. The number of amides is 3. The summed E-state index contributed by atoms with van der Waals surface area (Å²) in [7, 11) is 0. The van der Waals surface area contributed by atoms with Crippen LogP contribution in [-0.4, -0.2) is 36.8 Å². The van der Waals surface area contributed by atoms with Gasteiger partial charge >= 0.3 is 5.97 Å². The topological polar surface area (TPSA) is 114 Å². The smallest absolute Gasteiger partial charge is 0.325 e. The van der Waals surface area contributed by atoms with Gasteiger partial charge in [-0.3, -0.25) is 19.2 Å². The Morgan fingerprint density at radius 1 is 0.893 bits per heavy atom. The van der Waals surface area contributed by atoms with Crippen molar-refractivity contribution in [3.05, 3.63) is 59.9 Å². The average Bonchev–Trinajstić information content (AvgIpc) is 2.66. The van der Waals surface area contributed by atoms with E-state index in [9.17, 15) is 23.6 Å². The van der Waals surface area contributed by atoms with Gasteiger partial charge in [0.15, 0.2) is 6.61 Å². The van der Waals surface area contributed by atoms with Crippen LogP contribution in [0.5, 0.6) is 0 Å². The molecular formula is C19H18FN3O5. The molecule has 0 spiro atoms. The Morgan fingerprint density at radius 3 is 2.04 bits per heavy atom. The molecule has 0 unspecified atom stereocenters. The first-order valence-corrected chi connectivity index (χ1v) is 8.20. The van der Waals surface area contributed by atoms with Gasteiger partial charge in [-0.25, -0.2) is 4.39 Å². The van der Waals surface area contributed by atoms with Gasteiger partial charge in [0.1, 0.15) is 12.4 Å². The molecule has 0 aliphatic rings. The zero-order chi connectivity index (χ0) is 20.5. The molecule has 0 saturated carbocycles. The molecule has 0 aliphatic carbocycles. The van der Waals surface area contributed by atoms with E-state index >= 15 is 0 Å². The van der Waals surface area contributed by atoms with Gasteiger partial charge in [-0.1, -0.05) is 0 Å². The van der Waals surface area contributed by atoms with Crippen LogP contribution in [0.3, 0.4) is 0 Å². The highest BCUT2D eigenvalue weighted by atomic mass is 19.1. The number of nitrogens with one attached hydrogen (secondary N) is 3. The van der Waals surface area contributed by atoms with Gasteiger partial charge in [0.25, 0.3) is 11.8 Å². The Balaban J connectivity index is 1.71. The van der Waals surface area contributed by atoms with Gasteiger partial charge in [0.05, 0.1) is 0 Å². The third-order valence-electron chi connectivity index (χ3n) is 3.35. The molecule has 2 aromatic rings. The van der Waals surface area contributed by atoms with E-state index in [2.05, 4.69) is 16.0 Å². The number of carbonyl (C=O) groups is 4. The van der Waals surface area contributed by atoms with Crippen molar-refractivity contribution in [2.45, 2.75) is 6.92 Å². The van der Waals surface area contributed by atoms with Crippen molar-refractivity contribution in [1.29, 1.82) is 0 Å². The van der Waals surface area contributed by atoms with Crippen molar-refractivity contribution in [2.24, 2.45) is 0 Å². The molecule has 3 amide bonds. The number of benzene rings is 2. The Hall–Kier alpha value is -3.75. The lowest BCUT2D eigenvalue weighted by atomic mass is 10.2. The molecule has 146 valence electrons. The highest BCUT2D eigenvalue weighted by molar-refractivity contribution is 5.96. The molecule has 0 aliphatic heterocycles. The molecule has 0 radical (unpaired) electrons. The number of carbonyl (C=O) groups excluding carboxylic acids is 4. The average molecular weight is 387 g/mol. The predicted octanol–water partition coefficient (Wildman–Crippen LogP) is 1.70. The predicted molar refractivity (Wildman–Crippen MR) is 99.1 cm³/mol. The molecule has 28 heavy (non-hydrogen) atoms. The number of ether oxygens (including phenoxy) is 1. The van der Waals surface area contributed by atoms with E-state index < -0.39 is 36.8 Å². The normalized spacial score (nSPS) is 9.93. The molecule has 3 N–H and O–H groups in total. The Kier molecular flexibility index (Phi) is 7.21. The molecule has 9 heteroatoms. The third-order valence-corrected chi connectivity index (χ3v) is 3.35. The van der Waals surface area contributed by atoms with Crippen LogP contribution in [0.15, 0.2) is 48.5 Å². The van der Waals surface area contributed by atoms with Crippen LogP contribution < -0.4 is 16.0 Å². The van der Waals surface area contributed by atoms with Crippen LogP contribution in [0.1, 0.15) is 17.3 Å². The molecule has 2 rings (SSSR count). The zero-order valence-electron chi connectivity index (χ0n) is 15.0. The SMILES string of the molecule is CC(=O)Nc1ccc(NC(=O)COC(=O)CNC(=O)c2ccc(F)cc2)cc1. The number of anilines is 2. The van der Waals surface area contributed by atoms with Gasteiger partial charge in [0, 0.05) is 23.9 Å². The van der Waals surface area contributed by atoms with E-state index in [-0.39, 0.29) is 11.5 Å². The van der Waals surface area contributed by atoms with E-state index in [1.807, 2.05) is 0 Å². The van der Waals surface area contributed by atoms with Crippen molar-refractivity contribution < 1.29 is 28.3 Å². The van der Waals surface area contributed by atoms with Crippen LogP contribution in [-0.2, 0) is 19.1 Å². The van der Waals surface area contributed by atoms with Crippen LogP contribution in [0.25, 0.3) is 0 Å². The molecule has 0 saturated heterocycles. The van der Waals surface area contributed by atoms with Crippen molar-refractivity contribution >= 4 is 35.1 Å². The summed E-state index contributed by atoms with van der Waals surface area (Å²) in [6.45, 7) is 0.416. The lowest BCUT2D eigenvalue weighted by molar-refractivity contribution is -0.146. The summed E-state index contributed by atoms with van der Waals surface area (Å²) >= 11 is 0. The van der Waals surface area contributed by atoms with E-state index in [0.717, 1.165) is 12.1 Å². The van der Waals surface area contributed by atoms with Crippen LogP contribution >= 0.6 is 0 Å². The van der Waals surface area contributed by atoms with Gasteiger partial charge in [0.2, 0.25) is 5.91 Å². The number of halogens is 1. The zero-order valence-corrected chi connectivity index (χ0v) is 15.0.